The van der Waals surface area contributed by atoms with Crippen LogP contribution in [0, 0.1) is 13.8 Å². The van der Waals surface area contributed by atoms with E-state index >= 15 is 0 Å². The maximum atomic E-state index is 13.8. The lowest BCUT2D eigenvalue weighted by Crippen LogP contribution is -2.52. The van der Waals surface area contributed by atoms with Crippen LogP contribution in [0.1, 0.15) is 63.3 Å². The molecule has 2 unspecified atom stereocenters. The number of carbonyl (C=O) groups is 3. The van der Waals surface area contributed by atoms with E-state index in [1.165, 1.54) is 0 Å². The first-order chi connectivity index (χ1) is 16.9. The average molecular weight is 496 g/mol. The van der Waals surface area contributed by atoms with E-state index in [9.17, 15) is 14.4 Å². The van der Waals surface area contributed by atoms with Crippen molar-refractivity contribution >= 4 is 23.6 Å². The zero-order valence-electron chi connectivity index (χ0n) is 22.2. The summed E-state index contributed by atoms with van der Waals surface area (Å²) < 4.78 is 10.5. The SMILES string of the molecule is COc1ccc(NC(=O)C(c2cccc(C)c2C)N(C(=O)C(C)NC(=O)OC(C)(C)C)C2CC2)cc1. The van der Waals surface area contributed by atoms with Gasteiger partial charge in [-0.3, -0.25) is 9.59 Å². The third kappa shape index (κ3) is 6.77. The lowest BCUT2D eigenvalue weighted by atomic mass is 9.95. The van der Waals surface area contributed by atoms with Gasteiger partial charge in [-0.15, -0.1) is 0 Å². The molecule has 1 fully saturated rings. The summed E-state index contributed by atoms with van der Waals surface area (Å²) in [6.45, 7) is 10.8. The molecule has 2 N–H and O–H groups in total. The Kier molecular flexibility index (Phi) is 8.28. The summed E-state index contributed by atoms with van der Waals surface area (Å²) in [6, 6.07) is 11.0. The fraction of sp³-hybridized carbons (Fsp3) is 0.464. The molecule has 2 aromatic carbocycles. The van der Waals surface area contributed by atoms with Crippen molar-refractivity contribution in [1.29, 1.82) is 0 Å². The first-order valence-corrected chi connectivity index (χ1v) is 12.2. The normalized spacial score (nSPS) is 14.9. The molecule has 1 saturated carbocycles. The maximum absolute atomic E-state index is 13.8. The molecule has 194 valence electrons. The second-order valence-corrected chi connectivity index (χ2v) is 10.3. The Balaban J connectivity index is 1.94. The molecule has 1 aliphatic rings. The molecule has 36 heavy (non-hydrogen) atoms. The minimum atomic E-state index is -0.873. The molecule has 0 aromatic heterocycles. The molecule has 0 heterocycles. The summed E-state index contributed by atoms with van der Waals surface area (Å²) in [5, 5.41) is 5.60. The van der Waals surface area contributed by atoms with Gasteiger partial charge >= 0.3 is 6.09 Å². The molecule has 0 saturated heterocycles. The number of hydrogen-bond donors (Lipinski definition) is 2. The van der Waals surface area contributed by atoms with Crippen LogP contribution in [-0.4, -0.2) is 47.6 Å². The van der Waals surface area contributed by atoms with Gasteiger partial charge in [-0.1, -0.05) is 18.2 Å². The molecule has 3 rings (SSSR count). The van der Waals surface area contributed by atoms with E-state index in [0.29, 0.717) is 11.4 Å². The number of nitrogens with zero attached hydrogens (tertiary/aromatic N) is 1. The smallest absolute Gasteiger partial charge is 0.408 e. The van der Waals surface area contributed by atoms with Crippen LogP contribution < -0.4 is 15.4 Å². The second kappa shape index (κ2) is 11.0. The lowest BCUT2D eigenvalue weighted by molar-refractivity contribution is -0.141. The zero-order chi connectivity index (χ0) is 26.6. The quantitative estimate of drug-likeness (QED) is 0.543. The van der Waals surface area contributed by atoms with Crippen molar-refractivity contribution < 1.29 is 23.9 Å². The van der Waals surface area contributed by atoms with Crippen LogP contribution >= 0.6 is 0 Å². The molecule has 2 aromatic rings. The first-order valence-electron chi connectivity index (χ1n) is 12.2. The highest BCUT2D eigenvalue weighted by atomic mass is 16.6. The summed E-state index contributed by atoms with van der Waals surface area (Å²) in [7, 11) is 1.58. The van der Waals surface area contributed by atoms with E-state index in [1.54, 1.807) is 64.0 Å². The molecule has 0 aliphatic heterocycles. The number of benzene rings is 2. The van der Waals surface area contributed by atoms with E-state index in [1.807, 2.05) is 32.0 Å². The summed E-state index contributed by atoms with van der Waals surface area (Å²) in [5.74, 6) is 0.0219. The van der Waals surface area contributed by atoms with Gasteiger partial charge in [-0.05, 0) is 95.3 Å². The largest absolute Gasteiger partial charge is 0.497 e. The van der Waals surface area contributed by atoms with Crippen LogP contribution in [0.15, 0.2) is 42.5 Å². The van der Waals surface area contributed by atoms with Gasteiger partial charge in [0, 0.05) is 11.7 Å². The molecule has 8 heteroatoms. The fourth-order valence-corrected chi connectivity index (χ4v) is 4.01. The van der Waals surface area contributed by atoms with E-state index < -0.39 is 23.8 Å². The predicted molar refractivity (Wildman–Crippen MR) is 139 cm³/mol. The molecule has 0 bridgehead atoms. The van der Waals surface area contributed by atoms with Crippen molar-refractivity contribution in [2.75, 3.05) is 12.4 Å². The lowest BCUT2D eigenvalue weighted by Gasteiger charge is -2.34. The van der Waals surface area contributed by atoms with Gasteiger partial charge in [0.05, 0.1) is 7.11 Å². The minimum absolute atomic E-state index is 0.0908. The Bertz CT molecular complexity index is 1100. The molecule has 2 atom stereocenters. The molecule has 0 radical (unpaired) electrons. The highest BCUT2D eigenvalue weighted by Crippen LogP contribution is 2.37. The minimum Gasteiger partial charge on any atom is -0.497 e. The Labute approximate surface area is 213 Å². The first kappa shape index (κ1) is 27.0. The molecule has 1 aliphatic carbocycles. The maximum Gasteiger partial charge on any atom is 0.408 e. The van der Waals surface area contributed by atoms with Crippen LogP contribution in [-0.2, 0) is 14.3 Å². The van der Waals surface area contributed by atoms with Crippen LogP contribution in [0.25, 0.3) is 0 Å². The van der Waals surface area contributed by atoms with Gasteiger partial charge in [-0.2, -0.15) is 0 Å². The van der Waals surface area contributed by atoms with Crippen LogP contribution in [0.4, 0.5) is 10.5 Å². The number of alkyl carbamates (subject to hydrolysis) is 1. The van der Waals surface area contributed by atoms with Gasteiger partial charge in [0.25, 0.3) is 5.91 Å². The summed E-state index contributed by atoms with van der Waals surface area (Å²) in [4.78, 5) is 41.5. The number of ether oxygens (including phenoxy) is 2. The number of amides is 3. The monoisotopic (exact) mass is 495 g/mol. The standard InChI is InChI=1S/C28H37N3O5/c1-17-9-8-10-23(18(17)2)24(25(32)30-20-11-15-22(35-7)16-12-20)31(21-13-14-21)26(33)19(3)29-27(34)36-28(4,5)6/h8-12,15-16,19,21,24H,13-14H2,1-7H3,(H,29,34)(H,30,32). The van der Waals surface area contributed by atoms with E-state index in [-0.39, 0.29) is 17.9 Å². The van der Waals surface area contributed by atoms with Crippen LogP contribution in [0.3, 0.4) is 0 Å². The van der Waals surface area contributed by atoms with Crippen molar-refractivity contribution in [3.05, 3.63) is 59.2 Å². The van der Waals surface area contributed by atoms with Crippen molar-refractivity contribution in [3.8, 4) is 5.75 Å². The Morgan fingerprint density at radius 1 is 1.03 bits per heavy atom. The van der Waals surface area contributed by atoms with Gasteiger partial charge in [0.2, 0.25) is 5.91 Å². The van der Waals surface area contributed by atoms with Crippen molar-refractivity contribution in [2.24, 2.45) is 0 Å². The van der Waals surface area contributed by atoms with Gasteiger partial charge in [-0.25, -0.2) is 4.79 Å². The number of anilines is 1. The summed E-state index contributed by atoms with van der Waals surface area (Å²) in [6.07, 6.45) is 0.912. The molecular weight excluding hydrogens is 458 g/mol. The highest BCUT2D eigenvalue weighted by molar-refractivity contribution is 5.99. The number of hydrogen-bond acceptors (Lipinski definition) is 5. The Morgan fingerprint density at radius 2 is 1.67 bits per heavy atom. The Morgan fingerprint density at radius 3 is 2.22 bits per heavy atom. The molecule has 0 spiro atoms. The van der Waals surface area contributed by atoms with E-state index in [0.717, 1.165) is 29.5 Å². The average Bonchev–Trinajstić information content (AvgIpc) is 3.63. The molecule has 8 nitrogen and oxygen atoms in total. The zero-order valence-corrected chi connectivity index (χ0v) is 22.2. The number of carbonyl (C=O) groups excluding carboxylic acids is 3. The third-order valence-corrected chi connectivity index (χ3v) is 6.12. The van der Waals surface area contributed by atoms with E-state index in [4.69, 9.17) is 9.47 Å². The number of nitrogens with one attached hydrogen (secondary N) is 2. The van der Waals surface area contributed by atoms with Gasteiger partial charge < -0.3 is 25.0 Å². The third-order valence-electron chi connectivity index (χ3n) is 6.12. The van der Waals surface area contributed by atoms with Crippen LogP contribution in [0.2, 0.25) is 0 Å². The number of rotatable bonds is 8. The summed E-state index contributed by atoms with van der Waals surface area (Å²) >= 11 is 0. The Hall–Kier alpha value is -3.55. The second-order valence-electron chi connectivity index (χ2n) is 10.3. The topological polar surface area (TPSA) is 97.0 Å². The molecule has 3 amide bonds. The van der Waals surface area contributed by atoms with Crippen LogP contribution in [0.5, 0.6) is 5.75 Å². The van der Waals surface area contributed by atoms with Gasteiger partial charge in [0.15, 0.2) is 0 Å². The van der Waals surface area contributed by atoms with Crippen molar-refractivity contribution in [3.63, 3.8) is 0 Å². The van der Waals surface area contributed by atoms with Gasteiger partial charge in [0.1, 0.15) is 23.4 Å². The van der Waals surface area contributed by atoms with Crippen molar-refractivity contribution in [1.82, 2.24) is 10.2 Å². The fourth-order valence-electron chi connectivity index (χ4n) is 4.01. The van der Waals surface area contributed by atoms with E-state index in [2.05, 4.69) is 10.6 Å². The summed E-state index contributed by atoms with van der Waals surface area (Å²) in [5.41, 5.74) is 2.63. The number of methoxy groups -OCH3 is 1. The van der Waals surface area contributed by atoms with Crippen molar-refractivity contribution in [2.45, 2.75) is 78.1 Å². The number of aryl methyl sites for hydroxylation is 1. The molecular formula is C28H37N3O5. The highest BCUT2D eigenvalue weighted by Gasteiger charge is 2.43. The predicted octanol–water partition coefficient (Wildman–Crippen LogP) is 4.90.